The van der Waals surface area contributed by atoms with Gasteiger partial charge in [0.2, 0.25) is 5.89 Å². The third-order valence-electron chi connectivity index (χ3n) is 5.28. The highest BCUT2D eigenvalue weighted by molar-refractivity contribution is 7.98. The summed E-state index contributed by atoms with van der Waals surface area (Å²) in [6, 6.07) is 13.3. The summed E-state index contributed by atoms with van der Waals surface area (Å²) in [4.78, 5) is 32.2. The van der Waals surface area contributed by atoms with Crippen molar-refractivity contribution < 1.29 is 18.5 Å². The van der Waals surface area contributed by atoms with Crippen LogP contribution in [0.5, 0.6) is 0 Å². The van der Waals surface area contributed by atoms with Crippen molar-refractivity contribution in [1.82, 2.24) is 20.4 Å². The van der Waals surface area contributed by atoms with Crippen molar-refractivity contribution in [1.29, 1.82) is 0 Å². The number of rotatable bonds is 6. The number of aromatic nitrogens is 2. The predicted molar refractivity (Wildman–Crippen MR) is 118 cm³/mol. The number of benzene rings is 2. The summed E-state index contributed by atoms with van der Waals surface area (Å²) in [5.74, 6) is 0.597. The Morgan fingerprint density at radius 2 is 1.81 bits per heavy atom. The fraction of sp³-hybridized carbons (Fsp3) is 0.304. The number of piperidine rings is 1. The van der Waals surface area contributed by atoms with E-state index in [1.54, 1.807) is 30.0 Å². The molecule has 1 aliphatic rings. The predicted octanol–water partition coefficient (Wildman–Crippen LogP) is 3.84. The van der Waals surface area contributed by atoms with Crippen LogP contribution in [-0.2, 0) is 5.75 Å². The van der Waals surface area contributed by atoms with Crippen molar-refractivity contribution in [2.75, 3.05) is 13.1 Å². The molecule has 1 N–H and O–H groups in total. The number of hydrogen-bond donors (Lipinski definition) is 1. The number of hydrogen-bond acceptors (Lipinski definition) is 6. The summed E-state index contributed by atoms with van der Waals surface area (Å²) in [5, 5.41) is 6.96. The molecule has 0 radical (unpaired) electrons. The third-order valence-corrected chi connectivity index (χ3v) is 6.35. The van der Waals surface area contributed by atoms with Gasteiger partial charge in [0, 0.05) is 31.0 Å². The monoisotopic (exact) mass is 454 g/mol. The second-order valence-corrected chi connectivity index (χ2v) is 8.55. The van der Waals surface area contributed by atoms with E-state index < -0.39 is 5.82 Å². The van der Waals surface area contributed by atoms with Gasteiger partial charge in [0.05, 0.1) is 16.9 Å². The molecule has 2 amide bonds. The number of aryl methyl sites for hydroxylation is 1. The second kappa shape index (κ2) is 9.95. The molecule has 2 heterocycles. The summed E-state index contributed by atoms with van der Waals surface area (Å²) in [6.45, 7) is 2.66. The number of carbonyl (C=O) groups is 2. The highest BCUT2D eigenvalue weighted by atomic mass is 32.2. The molecule has 0 atom stereocenters. The van der Waals surface area contributed by atoms with Crippen LogP contribution in [0.3, 0.4) is 0 Å². The standard InChI is InChI=1S/C23H23FN4O3S/c1-15-25-21(27-31-15)14-32-20-9-5-3-7-18(20)22(29)26-16-10-12-28(13-11-16)23(30)17-6-2-4-8-19(17)24/h2-9,16H,10-14H2,1H3,(H,26,29). The topological polar surface area (TPSA) is 88.3 Å². The van der Waals surface area contributed by atoms with Crippen LogP contribution in [0.4, 0.5) is 4.39 Å². The minimum atomic E-state index is -0.516. The van der Waals surface area contributed by atoms with Crippen molar-refractivity contribution in [2.24, 2.45) is 0 Å². The molecule has 1 aromatic heterocycles. The first kappa shape index (κ1) is 22.0. The van der Waals surface area contributed by atoms with Crippen molar-refractivity contribution in [3.63, 3.8) is 0 Å². The number of likely N-dealkylation sites (tertiary alicyclic amines) is 1. The summed E-state index contributed by atoms with van der Waals surface area (Å²) in [6.07, 6.45) is 1.23. The zero-order chi connectivity index (χ0) is 22.5. The van der Waals surface area contributed by atoms with E-state index >= 15 is 0 Å². The van der Waals surface area contributed by atoms with Gasteiger partial charge in [-0.15, -0.1) is 11.8 Å². The molecule has 2 aromatic carbocycles. The number of nitrogens with one attached hydrogen (secondary N) is 1. The maximum atomic E-state index is 13.9. The molecule has 7 nitrogen and oxygen atoms in total. The number of halogens is 1. The molecule has 0 spiro atoms. The van der Waals surface area contributed by atoms with Crippen LogP contribution in [0.2, 0.25) is 0 Å². The van der Waals surface area contributed by atoms with E-state index in [1.807, 2.05) is 18.2 Å². The molecule has 4 rings (SSSR count). The maximum absolute atomic E-state index is 13.9. The Bertz CT molecular complexity index is 1110. The van der Waals surface area contributed by atoms with Crippen LogP contribution < -0.4 is 5.32 Å². The SMILES string of the molecule is Cc1nc(CSc2ccccc2C(=O)NC2CCN(C(=O)c3ccccc3F)CC2)no1. The lowest BCUT2D eigenvalue weighted by atomic mass is 10.0. The summed E-state index contributed by atoms with van der Waals surface area (Å²) in [5.41, 5.74) is 0.667. The quantitative estimate of drug-likeness (QED) is 0.570. The van der Waals surface area contributed by atoms with Gasteiger partial charge >= 0.3 is 0 Å². The van der Waals surface area contributed by atoms with Crippen molar-refractivity contribution in [3.8, 4) is 0 Å². The largest absolute Gasteiger partial charge is 0.349 e. The lowest BCUT2D eigenvalue weighted by Crippen LogP contribution is -2.46. The van der Waals surface area contributed by atoms with Crippen LogP contribution in [0.25, 0.3) is 0 Å². The highest BCUT2D eigenvalue weighted by Crippen LogP contribution is 2.26. The van der Waals surface area contributed by atoms with Crippen LogP contribution in [0.1, 0.15) is 45.3 Å². The average Bonchev–Trinajstić information content (AvgIpc) is 3.23. The van der Waals surface area contributed by atoms with Gasteiger partial charge in [-0.05, 0) is 37.1 Å². The van der Waals surface area contributed by atoms with Gasteiger partial charge in [-0.1, -0.05) is 29.4 Å². The zero-order valence-electron chi connectivity index (χ0n) is 17.6. The lowest BCUT2D eigenvalue weighted by molar-refractivity contribution is 0.0693. The smallest absolute Gasteiger partial charge is 0.256 e. The van der Waals surface area contributed by atoms with Gasteiger partial charge in [0.25, 0.3) is 11.8 Å². The lowest BCUT2D eigenvalue weighted by Gasteiger charge is -2.32. The number of thioether (sulfide) groups is 1. The van der Waals surface area contributed by atoms with E-state index in [-0.39, 0.29) is 23.4 Å². The second-order valence-electron chi connectivity index (χ2n) is 7.53. The normalized spacial score (nSPS) is 14.4. The van der Waals surface area contributed by atoms with E-state index in [4.69, 9.17) is 4.52 Å². The van der Waals surface area contributed by atoms with Crippen molar-refractivity contribution >= 4 is 23.6 Å². The molecule has 9 heteroatoms. The first-order valence-electron chi connectivity index (χ1n) is 10.4. The highest BCUT2D eigenvalue weighted by Gasteiger charge is 2.26. The Labute approximate surface area is 189 Å². The Hall–Kier alpha value is -3.20. The maximum Gasteiger partial charge on any atom is 0.256 e. The van der Waals surface area contributed by atoms with Gasteiger partial charge in [-0.25, -0.2) is 4.39 Å². The van der Waals surface area contributed by atoms with Gasteiger partial charge < -0.3 is 14.7 Å². The summed E-state index contributed by atoms with van der Waals surface area (Å²) < 4.78 is 18.9. The summed E-state index contributed by atoms with van der Waals surface area (Å²) >= 11 is 1.47. The van der Waals surface area contributed by atoms with Crippen LogP contribution in [0, 0.1) is 12.7 Å². The first-order valence-corrected chi connectivity index (χ1v) is 11.4. The van der Waals surface area contributed by atoms with E-state index in [1.165, 1.54) is 23.9 Å². The minimum absolute atomic E-state index is 0.0508. The first-order chi connectivity index (χ1) is 15.5. The molecule has 3 aromatic rings. The molecule has 1 fully saturated rings. The molecule has 1 saturated heterocycles. The number of amides is 2. The molecule has 0 aliphatic carbocycles. The van der Waals surface area contributed by atoms with Crippen molar-refractivity contribution in [3.05, 3.63) is 77.2 Å². The van der Waals surface area contributed by atoms with Gasteiger partial charge in [-0.3, -0.25) is 9.59 Å². The molecular weight excluding hydrogens is 431 g/mol. The van der Waals surface area contributed by atoms with Gasteiger partial charge in [0.15, 0.2) is 5.82 Å². The van der Waals surface area contributed by atoms with E-state index in [9.17, 15) is 14.0 Å². The minimum Gasteiger partial charge on any atom is -0.349 e. The Balaban J connectivity index is 1.33. The van der Waals surface area contributed by atoms with Gasteiger partial charge in [0.1, 0.15) is 5.82 Å². The molecule has 166 valence electrons. The zero-order valence-corrected chi connectivity index (χ0v) is 18.4. The Kier molecular flexibility index (Phi) is 6.84. The van der Waals surface area contributed by atoms with E-state index in [0.29, 0.717) is 49.0 Å². The molecular formula is C23H23FN4O3S. The van der Waals surface area contributed by atoms with E-state index in [2.05, 4.69) is 15.5 Å². The molecule has 0 unspecified atom stereocenters. The van der Waals surface area contributed by atoms with Gasteiger partial charge in [-0.2, -0.15) is 4.98 Å². The summed E-state index contributed by atoms with van der Waals surface area (Å²) in [7, 11) is 0. The number of nitrogens with zero attached hydrogens (tertiary/aromatic N) is 3. The van der Waals surface area contributed by atoms with Crippen LogP contribution in [-0.4, -0.2) is 46.0 Å². The molecule has 0 bridgehead atoms. The molecule has 0 saturated carbocycles. The number of carbonyl (C=O) groups excluding carboxylic acids is 2. The Morgan fingerprint density at radius 3 is 2.50 bits per heavy atom. The fourth-order valence-electron chi connectivity index (χ4n) is 3.62. The van der Waals surface area contributed by atoms with Crippen LogP contribution in [0.15, 0.2) is 57.9 Å². The van der Waals surface area contributed by atoms with Crippen molar-refractivity contribution in [2.45, 2.75) is 36.5 Å². The third kappa shape index (κ3) is 5.16. The molecule has 32 heavy (non-hydrogen) atoms. The molecule has 1 aliphatic heterocycles. The van der Waals surface area contributed by atoms with Crippen LogP contribution >= 0.6 is 11.8 Å². The van der Waals surface area contributed by atoms with E-state index in [0.717, 1.165) is 4.90 Å². The average molecular weight is 455 g/mol. The Morgan fingerprint density at radius 1 is 1.12 bits per heavy atom. The fourth-order valence-corrected chi connectivity index (χ4v) is 4.51.